The molecular formula is C25H24FN3O5S2. The standard InChI is InChI=1S/C25H24FN3O5S2/c1-14(2)23(24(30)31)29-36(33,34)18-8-10-20-19-9-7-17(11-21(19)35-22(20)12-18)28-25(32)27-13-15-3-5-16(26)6-4-15/h3-12,14,23,29H,13H2,1-2H3,(H,30,31)(H2,27,28,32)/t23-/m0/s1. The van der Waals surface area contributed by atoms with Crippen molar-refractivity contribution < 1.29 is 27.5 Å². The van der Waals surface area contributed by atoms with Gasteiger partial charge in [0.15, 0.2) is 0 Å². The van der Waals surface area contributed by atoms with E-state index < -0.39 is 34.0 Å². The molecule has 4 N–H and O–H groups in total. The maximum absolute atomic E-state index is 13.0. The zero-order chi connectivity index (χ0) is 26.0. The number of urea groups is 1. The number of carbonyl (C=O) groups is 2. The third-order valence-corrected chi connectivity index (χ3v) is 8.15. The minimum atomic E-state index is -4.04. The Morgan fingerprint density at radius 2 is 1.61 bits per heavy atom. The fourth-order valence-corrected chi connectivity index (χ4v) is 6.29. The SMILES string of the molecule is CC(C)[C@H](NS(=O)(=O)c1ccc2c(c1)sc1cc(NC(=O)NCc3ccc(F)cc3)ccc12)C(=O)O. The molecule has 188 valence electrons. The van der Waals surface area contributed by atoms with E-state index in [-0.39, 0.29) is 17.3 Å². The summed E-state index contributed by atoms with van der Waals surface area (Å²) in [4.78, 5) is 23.7. The van der Waals surface area contributed by atoms with Gasteiger partial charge in [-0.3, -0.25) is 4.79 Å². The number of aliphatic carboxylic acids is 1. The van der Waals surface area contributed by atoms with Gasteiger partial charge in [0.1, 0.15) is 11.9 Å². The fourth-order valence-electron chi connectivity index (χ4n) is 3.67. The van der Waals surface area contributed by atoms with Gasteiger partial charge in [-0.2, -0.15) is 4.72 Å². The molecule has 2 amide bonds. The van der Waals surface area contributed by atoms with Crippen molar-refractivity contribution in [2.45, 2.75) is 31.3 Å². The van der Waals surface area contributed by atoms with Gasteiger partial charge in [-0.15, -0.1) is 11.3 Å². The van der Waals surface area contributed by atoms with Gasteiger partial charge in [0.05, 0.1) is 4.90 Å². The minimum absolute atomic E-state index is 0.0213. The molecule has 3 aromatic carbocycles. The lowest BCUT2D eigenvalue weighted by Crippen LogP contribution is -2.44. The van der Waals surface area contributed by atoms with Crippen LogP contribution in [0.5, 0.6) is 0 Å². The molecule has 8 nitrogen and oxygen atoms in total. The Kier molecular flexibility index (Phi) is 7.25. The van der Waals surface area contributed by atoms with Crippen LogP contribution in [0.15, 0.2) is 65.6 Å². The van der Waals surface area contributed by atoms with E-state index in [1.54, 1.807) is 44.2 Å². The van der Waals surface area contributed by atoms with Gasteiger partial charge in [0.2, 0.25) is 10.0 Å². The maximum atomic E-state index is 13.0. The van der Waals surface area contributed by atoms with Crippen molar-refractivity contribution >= 4 is 59.2 Å². The van der Waals surface area contributed by atoms with Gasteiger partial charge in [-0.1, -0.05) is 38.1 Å². The molecule has 0 bridgehead atoms. The molecule has 36 heavy (non-hydrogen) atoms. The summed E-state index contributed by atoms with van der Waals surface area (Å²) in [5.74, 6) is -2.01. The highest BCUT2D eigenvalue weighted by Gasteiger charge is 2.28. The van der Waals surface area contributed by atoms with Crippen LogP contribution in [0.1, 0.15) is 19.4 Å². The number of anilines is 1. The second kappa shape index (κ2) is 10.2. The number of fused-ring (bicyclic) bond motifs is 3. The Hall–Kier alpha value is -3.54. The third-order valence-electron chi connectivity index (χ3n) is 5.59. The summed E-state index contributed by atoms with van der Waals surface area (Å²) in [5, 5.41) is 16.6. The van der Waals surface area contributed by atoms with Crippen LogP contribution >= 0.6 is 11.3 Å². The largest absolute Gasteiger partial charge is 0.480 e. The summed E-state index contributed by atoms with van der Waals surface area (Å²) >= 11 is 1.36. The molecular weight excluding hydrogens is 505 g/mol. The second-order valence-corrected chi connectivity index (χ2v) is 11.4. The van der Waals surface area contributed by atoms with E-state index >= 15 is 0 Å². The Morgan fingerprint density at radius 3 is 2.25 bits per heavy atom. The molecule has 0 saturated heterocycles. The first-order valence-electron chi connectivity index (χ1n) is 11.0. The van der Waals surface area contributed by atoms with Crippen molar-refractivity contribution in [1.29, 1.82) is 0 Å². The summed E-state index contributed by atoms with van der Waals surface area (Å²) in [6, 6.07) is 14.2. The number of carbonyl (C=O) groups excluding carboxylic acids is 1. The fraction of sp³-hybridized carbons (Fsp3) is 0.200. The van der Waals surface area contributed by atoms with Crippen LogP contribution < -0.4 is 15.4 Å². The van der Waals surface area contributed by atoms with Crippen molar-refractivity contribution in [3.05, 3.63) is 72.0 Å². The molecule has 0 aliphatic rings. The topological polar surface area (TPSA) is 125 Å². The minimum Gasteiger partial charge on any atom is -0.480 e. The molecule has 1 heterocycles. The van der Waals surface area contributed by atoms with Crippen LogP contribution in [0.25, 0.3) is 20.2 Å². The number of halogens is 1. The number of thiophene rings is 1. The lowest BCUT2D eigenvalue weighted by molar-refractivity contribution is -0.140. The summed E-state index contributed by atoms with van der Waals surface area (Å²) in [6.07, 6.45) is 0. The molecule has 0 saturated carbocycles. The van der Waals surface area contributed by atoms with E-state index in [2.05, 4.69) is 15.4 Å². The molecule has 0 aliphatic heterocycles. The molecule has 4 rings (SSSR count). The van der Waals surface area contributed by atoms with Crippen molar-refractivity contribution in [2.24, 2.45) is 5.92 Å². The lowest BCUT2D eigenvalue weighted by atomic mass is 10.1. The first-order valence-corrected chi connectivity index (χ1v) is 13.3. The van der Waals surface area contributed by atoms with Crippen LogP contribution in [0.2, 0.25) is 0 Å². The molecule has 0 radical (unpaired) electrons. The predicted octanol–water partition coefficient (Wildman–Crippen LogP) is 4.90. The predicted molar refractivity (Wildman–Crippen MR) is 138 cm³/mol. The Morgan fingerprint density at radius 1 is 0.972 bits per heavy atom. The van der Waals surface area contributed by atoms with Gasteiger partial charge in [0, 0.05) is 32.4 Å². The highest BCUT2D eigenvalue weighted by Crippen LogP contribution is 2.36. The average molecular weight is 530 g/mol. The molecule has 0 unspecified atom stereocenters. The summed E-state index contributed by atoms with van der Waals surface area (Å²) < 4.78 is 42.5. The van der Waals surface area contributed by atoms with Gasteiger partial charge in [0.25, 0.3) is 0 Å². The first kappa shape index (κ1) is 25.5. The van der Waals surface area contributed by atoms with Crippen molar-refractivity contribution in [1.82, 2.24) is 10.0 Å². The Bertz CT molecular complexity index is 1550. The van der Waals surface area contributed by atoms with Gasteiger partial charge < -0.3 is 15.7 Å². The van der Waals surface area contributed by atoms with E-state index in [0.29, 0.717) is 10.4 Å². The Labute approximate surface area is 211 Å². The van der Waals surface area contributed by atoms with Gasteiger partial charge in [-0.25, -0.2) is 17.6 Å². The van der Waals surface area contributed by atoms with Crippen molar-refractivity contribution in [2.75, 3.05) is 5.32 Å². The number of carboxylic acids is 1. The van der Waals surface area contributed by atoms with Crippen LogP contribution in [-0.4, -0.2) is 31.6 Å². The molecule has 0 spiro atoms. The average Bonchev–Trinajstić information content (AvgIpc) is 3.19. The van der Waals surface area contributed by atoms with Crippen LogP contribution in [0.3, 0.4) is 0 Å². The van der Waals surface area contributed by atoms with E-state index in [4.69, 9.17) is 0 Å². The first-order chi connectivity index (χ1) is 17.0. The van der Waals surface area contributed by atoms with Crippen molar-refractivity contribution in [3.63, 3.8) is 0 Å². The number of hydrogen-bond acceptors (Lipinski definition) is 5. The molecule has 1 atom stereocenters. The molecule has 0 fully saturated rings. The number of sulfonamides is 1. The van der Waals surface area contributed by atoms with E-state index in [1.807, 2.05) is 6.07 Å². The summed E-state index contributed by atoms with van der Waals surface area (Å²) in [6.45, 7) is 3.50. The smallest absolute Gasteiger partial charge is 0.322 e. The highest BCUT2D eigenvalue weighted by atomic mass is 32.2. The molecule has 11 heteroatoms. The van der Waals surface area contributed by atoms with Gasteiger partial charge in [-0.05, 0) is 47.9 Å². The highest BCUT2D eigenvalue weighted by molar-refractivity contribution is 7.89. The molecule has 4 aromatic rings. The second-order valence-electron chi connectivity index (χ2n) is 8.59. The number of nitrogens with one attached hydrogen (secondary N) is 3. The maximum Gasteiger partial charge on any atom is 0.322 e. The molecule has 1 aromatic heterocycles. The zero-order valence-corrected chi connectivity index (χ0v) is 21.0. The summed E-state index contributed by atoms with van der Waals surface area (Å²) in [5.41, 5.74) is 1.32. The normalized spacial score (nSPS) is 12.7. The van der Waals surface area contributed by atoms with E-state index in [0.717, 1.165) is 21.0 Å². The number of rotatable bonds is 8. The monoisotopic (exact) mass is 529 g/mol. The van der Waals surface area contributed by atoms with Crippen LogP contribution in [0.4, 0.5) is 14.9 Å². The van der Waals surface area contributed by atoms with E-state index in [9.17, 15) is 27.5 Å². The summed E-state index contributed by atoms with van der Waals surface area (Å²) in [7, 11) is -4.04. The van der Waals surface area contributed by atoms with E-state index in [1.165, 1.54) is 35.6 Å². The van der Waals surface area contributed by atoms with Crippen molar-refractivity contribution in [3.8, 4) is 0 Å². The zero-order valence-electron chi connectivity index (χ0n) is 19.4. The van der Waals surface area contributed by atoms with Crippen LogP contribution in [-0.2, 0) is 21.4 Å². The quantitative estimate of drug-likeness (QED) is 0.258. The van der Waals surface area contributed by atoms with Gasteiger partial charge >= 0.3 is 12.0 Å². The Balaban J connectivity index is 1.52. The third kappa shape index (κ3) is 5.64. The molecule has 0 aliphatic carbocycles. The number of hydrogen-bond donors (Lipinski definition) is 4. The lowest BCUT2D eigenvalue weighted by Gasteiger charge is -2.18. The number of benzene rings is 3. The number of carboxylic acid groups (broad SMARTS) is 1. The van der Waals surface area contributed by atoms with Crippen LogP contribution in [0, 0.1) is 11.7 Å². The number of amides is 2.